The van der Waals surface area contributed by atoms with Crippen LogP contribution in [0, 0.1) is 6.07 Å². The van der Waals surface area contributed by atoms with Crippen LogP contribution in [0.5, 0.6) is 0 Å². The number of benzene rings is 2. The van der Waals surface area contributed by atoms with E-state index in [9.17, 15) is 0 Å². The van der Waals surface area contributed by atoms with Gasteiger partial charge in [-0.2, -0.15) is 0 Å². The molecular weight excluding hydrogens is 192 g/mol. The minimum absolute atomic E-state index is 0.747. The van der Waals surface area contributed by atoms with Crippen molar-refractivity contribution in [2.24, 2.45) is 0 Å². The van der Waals surface area contributed by atoms with Crippen LogP contribution in [0.25, 0.3) is 11.1 Å². The van der Waals surface area contributed by atoms with E-state index in [0.29, 0.717) is 0 Å². The number of rotatable bonds is 2. The van der Waals surface area contributed by atoms with Gasteiger partial charge in [0.1, 0.15) is 0 Å². The fourth-order valence-corrected chi connectivity index (χ4v) is 2.35. The highest BCUT2D eigenvalue weighted by atomic mass is 14.3. The molecule has 0 spiro atoms. The first-order valence-corrected chi connectivity index (χ1v) is 6.01. The molecule has 79 valence electrons. The van der Waals surface area contributed by atoms with E-state index in [4.69, 9.17) is 0 Å². The van der Waals surface area contributed by atoms with Crippen LogP contribution in [0.2, 0.25) is 0 Å². The molecule has 0 saturated heterocycles. The first kappa shape index (κ1) is 9.65. The van der Waals surface area contributed by atoms with Gasteiger partial charge in [-0.15, -0.1) is 0 Å². The Morgan fingerprint density at radius 2 is 1.75 bits per heavy atom. The second-order valence-corrected chi connectivity index (χ2v) is 4.49. The van der Waals surface area contributed by atoms with Crippen molar-refractivity contribution < 1.29 is 0 Å². The Balaban J connectivity index is 2.06. The van der Waals surface area contributed by atoms with E-state index in [0.717, 1.165) is 5.92 Å². The van der Waals surface area contributed by atoms with Crippen LogP contribution in [0.15, 0.2) is 48.5 Å². The van der Waals surface area contributed by atoms with Gasteiger partial charge >= 0.3 is 0 Å². The molecule has 0 N–H and O–H groups in total. The highest BCUT2D eigenvalue weighted by Gasteiger charge is 2.22. The Bertz CT molecular complexity index is 466. The standard InChI is InChI=1S/C16H15/c1-2-7-13(8-3-1)15-11-4-5-12-16(15)14-9-6-10-14/h1-5,7-8,11,14H,6,9-10H2. The second kappa shape index (κ2) is 4.13. The average Bonchev–Trinajstić information content (AvgIpc) is 2.29. The Morgan fingerprint density at radius 3 is 2.44 bits per heavy atom. The molecule has 2 aromatic carbocycles. The van der Waals surface area contributed by atoms with Crippen molar-refractivity contribution in [3.63, 3.8) is 0 Å². The van der Waals surface area contributed by atoms with Gasteiger partial charge < -0.3 is 0 Å². The largest absolute Gasteiger partial charge is 0.0622 e. The van der Waals surface area contributed by atoms with Gasteiger partial charge in [-0.05, 0) is 41.5 Å². The van der Waals surface area contributed by atoms with Crippen molar-refractivity contribution in [3.8, 4) is 11.1 Å². The van der Waals surface area contributed by atoms with E-state index in [-0.39, 0.29) is 0 Å². The molecule has 2 aromatic rings. The monoisotopic (exact) mass is 207 g/mol. The third-order valence-corrected chi connectivity index (χ3v) is 3.49. The van der Waals surface area contributed by atoms with Crippen molar-refractivity contribution in [1.82, 2.24) is 0 Å². The molecule has 1 fully saturated rings. The topological polar surface area (TPSA) is 0 Å². The van der Waals surface area contributed by atoms with E-state index < -0.39 is 0 Å². The fraction of sp³-hybridized carbons (Fsp3) is 0.250. The van der Waals surface area contributed by atoms with E-state index in [1.807, 2.05) is 6.07 Å². The maximum atomic E-state index is 3.44. The molecule has 0 bridgehead atoms. The maximum Gasteiger partial charge on any atom is -0.0140 e. The van der Waals surface area contributed by atoms with Crippen LogP contribution in [0.3, 0.4) is 0 Å². The van der Waals surface area contributed by atoms with E-state index >= 15 is 0 Å². The molecule has 1 radical (unpaired) electrons. The Morgan fingerprint density at radius 1 is 0.938 bits per heavy atom. The second-order valence-electron chi connectivity index (χ2n) is 4.49. The highest BCUT2D eigenvalue weighted by molar-refractivity contribution is 5.67. The third-order valence-electron chi connectivity index (χ3n) is 3.49. The lowest BCUT2D eigenvalue weighted by molar-refractivity contribution is 0.420. The maximum absolute atomic E-state index is 3.44. The summed E-state index contributed by atoms with van der Waals surface area (Å²) >= 11 is 0. The van der Waals surface area contributed by atoms with Gasteiger partial charge in [-0.3, -0.25) is 0 Å². The molecule has 0 unspecified atom stereocenters. The van der Waals surface area contributed by atoms with E-state index in [1.165, 1.54) is 36.0 Å². The van der Waals surface area contributed by atoms with Crippen molar-refractivity contribution in [1.29, 1.82) is 0 Å². The summed E-state index contributed by atoms with van der Waals surface area (Å²) in [6, 6.07) is 20.4. The smallest absolute Gasteiger partial charge is 0.0140 e. The van der Waals surface area contributed by atoms with Gasteiger partial charge in [0.2, 0.25) is 0 Å². The van der Waals surface area contributed by atoms with Crippen molar-refractivity contribution in [3.05, 3.63) is 60.2 Å². The van der Waals surface area contributed by atoms with Gasteiger partial charge in [-0.1, -0.05) is 55.0 Å². The summed E-state index contributed by atoms with van der Waals surface area (Å²) < 4.78 is 0. The zero-order chi connectivity index (χ0) is 10.8. The molecule has 1 saturated carbocycles. The summed E-state index contributed by atoms with van der Waals surface area (Å²) in [5.74, 6) is 0.747. The predicted octanol–water partition coefficient (Wildman–Crippen LogP) is 4.42. The predicted molar refractivity (Wildman–Crippen MR) is 67.3 cm³/mol. The lowest BCUT2D eigenvalue weighted by Gasteiger charge is -2.27. The zero-order valence-corrected chi connectivity index (χ0v) is 9.32. The Hall–Kier alpha value is -1.56. The van der Waals surface area contributed by atoms with Crippen LogP contribution in [0.1, 0.15) is 30.7 Å². The summed E-state index contributed by atoms with van der Waals surface area (Å²) in [5.41, 5.74) is 4.11. The highest BCUT2D eigenvalue weighted by Crippen LogP contribution is 2.40. The van der Waals surface area contributed by atoms with Crippen molar-refractivity contribution in [2.45, 2.75) is 25.2 Å². The molecule has 0 nitrogen and oxygen atoms in total. The molecular formula is C16H15. The Labute approximate surface area is 96.9 Å². The summed E-state index contributed by atoms with van der Waals surface area (Å²) in [7, 11) is 0. The van der Waals surface area contributed by atoms with Crippen LogP contribution < -0.4 is 0 Å². The average molecular weight is 207 g/mol. The van der Waals surface area contributed by atoms with Gasteiger partial charge in [0.15, 0.2) is 0 Å². The SMILES string of the molecule is [c]1cccc(-c2ccccc2)c1C1CCC1. The molecule has 0 heterocycles. The molecule has 0 aromatic heterocycles. The molecule has 0 amide bonds. The number of hydrogen-bond acceptors (Lipinski definition) is 0. The third kappa shape index (κ3) is 1.65. The Kier molecular flexibility index (Phi) is 2.49. The normalized spacial score (nSPS) is 15.8. The number of hydrogen-bond donors (Lipinski definition) is 0. The minimum Gasteiger partial charge on any atom is -0.0622 e. The van der Waals surface area contributed by atoms with Crippen LogP contribution in [0.4, 0.5) is 0 Å². The molecule has 16 heavy (non-hydrogen) atoms. The van der Waals surface area contributed by atoms with Crippen LogP contribution in [-0.2, 0) is 0 Å². The van der Waals surface area contributed by atoms with Crippen LogP contribution >= 0.6 is 0 Å². The van der Waals surface area contributed by atoms with E-state index in [1.54, 1.807) is 0 Å². The molecule has 3 rings (SSSR count). The van der Waals surface area contributed by atoms with Crippen molar-refractivity contribution >= 4 is 0 Å². The summed E-state index contributed by atoms with van der Waals surface area (Å²) in [6.07, 6.45) is 4.04. The zero-order valence-electron chi connectivity index (χ0n) is 9.32. The first-order chi connectivity index (χ1) is 7.95. The molecule has 0 aliphatic heterocycles. The van der Waals surface area contributed by atoms with E-state index in [2.05, 4.69) is 48.5 Å². The molecule has 1 aliphatic carbocycles. The fourth-order valence-electron chi connectivity index (χ4n) is 2.35. The first-order valence-electron chi connectivity index (χ1n) is 6.01. The molecule has 1 aliphatic rings. The van der Waals surface area contributed by atoms with Gasteiger partial charge in [0.05, 0.1) is 0 Å². The molecule has 0 atom stereocenters. The minimum atomic E-state index is 0.747. The van der Waals surface area contributed by atoms with Gasteiger partial charge in [0, 0.05) is 0 Å². The summed E-state index contributed by atoms with van der Waals surface area (Å²) in [6.45, 7) is 0. The summed E-state index contributed by atoms with van der Waals surface area (Å²) in [4.78, 5) is 0. The quantitative estimate of drug-likeness (QED) is 0.683. The van der Waals surface area contributed by atoms with Crippen molar-refractivity contribution in [2.75, 3.05) is 0 Å². The molecule has 0 heteroatoms. The van der Waals surface area contributed by atoms with Gasteiger partial charge in [-0.25, -0.2) is 0 Å². The van der Waals surface area contributed by atoms with Gasteiger partial charge in [0.25, 0.3) is 0 Å². The lowest BCUT2D eigenvalue weighted by Crippen LogP contribution is -2.09. The van der Waals surface area contributed by atoms with Crippen LogP contribution in [-0.4, -0.2) is 0 Å². The summed E-state index contributed by atoms with van der Waals surface area (Å²) in [5, 5.41) is 0. The lowest BCUT2D eigenvalue weighted by atomic mass is 9.77.